The first-order chi connectivity index (χ1) is 25.4. The molecule has 0 aliphatic heterocycles. The van der Waals surface area contributed by atoms with Gasteiger partial charge in [-0.3, -0.25) is 24.2 Å². The van der Waals surface area contributed by atoms with Gasteiger partial charge in [-0.1, -0.05) is 42.5 Å². The standard InChI is InChI=1S/C23H36N6O4.C14H16FN3O2/c1-15(24)21(31)29(18-11-9-17(10-12-18)22(32)33)19(8-5-13-27-23(25)26)20(30)28-14-16-6-3-2-4-7-16;15-11-3-1-10(2-4-11)9-12(14-17-7-8-20-14)18-13(19)5-6-16/h2-4,6-7,15,17-19H,5,8-14,24H2,1H3,(H,28,30)(H,32,33)(H4,25,26,27);1-4,7-8,12H,5-6,9,16H2,(H,18,19)/t15-,17?,18?,19-;12-/m00/s1. The normalized spacial score (nSPS) is 16.8. The van der Waals surface area contributed by atoms with Gasteiger partial charge >= 0.3 is 5.97 Å². The number of nitrogens with two attached hydrogens (primary N) is 4. The maximum Gasteiger partial charge on any atom is 0.306 e. The van der Waals surface area contributed by atoms with E-state index in [2.05, 4.69) is 20.6 Å². The van der Waals surface area contributed by atoms with E-state index in [-0.39, 0.29) is 48.5 Å². The van der Waals surface area contributed by atoms with Crippen molar-refractivity contribution in [3.05, 3.63) is 89.9 Å². The summed E-state index contributed by atoms with van der Waals surface area (Å²) in [6.45, 7) is 2.53. The molecule has 3 aromatic rings. The first-order valence-corrected chi connectivity index (χ1v) is 17.7. The average Bonchev–Trinajstić information content (AvgIpc) is 3.68. The zero-order valence-corrected chi connectivity index (χ0v) is 30.0. The Balaban J connectivity index is 0.000000321. The minimum Gasteiger partial charge on any atom is -0.481 e. The van der Waals surface area contributed by atoms with Crippen LogP contribution in [0.3, 0.4) is 0 Å². The van der Waals surface area contributed by atoms with E-state index in [4.69, 9.17) is 27.4 Å². The molecule has 288 valence electrons. The summed E-state index contributed by atoms with van der Waals surface area (Å²) in [5, 5.41) is 15.1. The minimum absolute atomic E-state index is 0.0319. The molecule has 1 fully saturated rings. The number of nitrogens with one attached hydrogen (secondary N) is 2. The van der Waals surface area contributed by atoms with E-state index in [0.29, 0.717) is 63.9 Å². The number of hydrogen-bond acceptors (Lipinski definition) is 9. The van der Waals surface area contributed by atoms with Crippen molar-refractivity contribution >= 4 is 29.7 Å². The number of halogens is 1. The lowest BCUT2D eigenvalue weighted by molar-refractivity contribution is -0.147. The lowest BCUT2D eigenvalue weighted by atomic mass is 9.84. The van der Waals surface area contributed by atoms with Crippen molar-refractivity contribution in [2.24, 2.45) is 33.8 Å². The van der Waals surface area contributed by atoms with E-state index in [1.807, 2.05) is 30.3 Å². The van der Waals surface area contributed by atoms with E-state index in [1.165, 1.54) is 24.6 Å². The monoisotopic (exact) mass is 737 g/mol. The van der Waals surface area contributed by atoms with Crippen LogP contribution in [0.1, 0.15) is 74.9 Å². The lowest BCUT2D eigenvalue weighted by Crippen LogP contribution is -2.58. The van der Waals surface area contributed by atoms with Crippen LogP contribution in [0.2, 0.25) is 0 Å². The van der Waals surface area contributed by atoms with Gasteiger partial charge in [-0.25, -0.2) is 9.37 Å². The second kappa shape index (κ2) is 21.9. The fourth-order valence-electron chi connectivity index (χ4n) is 6.08. The average molecular weight is 738 g/mol. The predicted molar refractivity (Wildman–Crippen MR) is 197 cm³/mol. The van der Waals surface area contributed by atoms with Gasteiger partial charge in [0, 0.05) is 38.5 Å². The number of nitrogens with zero attached hydrogens (tertiary/aromatic N) is 3. The molecule has 4 rings (SSSR count). The Labute approximate surface area is 308 Å². The van der Waals surface area contributed by atoms with Crippen LogP contribution in [0.5, 0.6) is 0 Å². The SMILES string of the molecule is C[C@H](N)C(=O)N(C1CCC(C(=O)O)CC1)[C@@H](CCCN=C(N)N)C(=O)NCc1ccccc1.NCCC(=O)N[C@@H](Cc1ccc(F)cc1)c1ncco1. The van der Waals surface area contributed by atoms with Crippen LogP contribution < -0.4 is 33.6 Å². The van der Waals surface area contributed by atoms with E-state index in [9.17, 15) is 28.7 Å². The summed E-state index contributed by atoms with van der Waals surface area (Å²) in [7, 11) is 0. The molecule has 0 unspecified atom stereocenters. The number of carbonyl (C=O) groups is 4. The first-order valence-electron chi connectivity index (χ1n) is 17.7. The summed E-state index contributed by atoms with van der Waals surface area (Å²) in [5.74, 6) is -1.94. The topological polar surface area (TPSA) is 258 Å². The third kappa shape index (κ3) is 14.3. The quantitative estimate of drug-likeness (QED) is 0.0600. The highest BCUT2D eigenvalue weighted by Crippen LogP contribution is 2.30. The van der Waals surface area contributed by atoms with Crippen molar-refractivity contribution < 1.29 is 33.1 Å². The number of aliphatic carboxylic acids is 1. The van der Waals surface area contributed by atoms with Crippen LogP contribution in [0, 0.1) is 11.7 Å². The molecule has 2 aromatic carbocycles. The molecule has 1 heterocycles. The van der Waals surface area contributed by atoms with Crippen molar-refractivity contribution in [3.8, 4) is 0 Å². The van der Waals surface area contributed by atoms with Crippen LogP contribution in [0.25, 0.3) is 0 Å². The molecule has 16 heteroatoms. The number of carbonyl (C=O) groups excluding carboxylic acids is 3. The van der Waals surface area contributed by atoms with Crippen molar-refractivity contribution in [1.29, 1.82) is 0 Å². The highest BCUT2D eigenvalue weighted by atomic mass is 19.1. The number of guanidine groups is 1. The highest BCUT2D eigenvalue weighted by Gasteiger charge is 2.38. The van der Waals surface area contributed by atoms with Gasteiger partial charge in [0.25, 0.3) is 0 Å². The molecule has 11 N–H and O–H groups in total. The minimum atomic E-state index is -0.826. The molecular weight excluding hydrogens is 685 g/mol. The highest BCUT2D eigenvalue weighted by molar-refractivity contribution is 5.90. The van der Waals surface area contributed by atoms with E-state index in [1.54, 1.807) is 24.0 Å². The van der Waals surface area contributed by atoms with Crippen LogP contribution >= 0.6 is 0 Å². The Morgan fingerprint density at radius 3 is 2.28 bits per heavy atom. The Morgan fingerprint density at radius 2 is 1.72 bits per heavy atom. The Morgan fingerprint density at radius 1 is 1.04 bits per heavy atom. The van der Waals surface area contributed by atoms with Gasteiger partial charge in [-0.05, 0) is 68.7 Å². The summed E-state index contributed by atoms with van der Waals surface area (Å²) >= 11 is 0. The molecule has 1 aromatic heterocycles. The van der Waals surface area contributed by atoms with Crippen molar-refractivity contribution in [2.75, 3.05) is 13.1 Å². The van der Waals surface area contributed by atoms with E-state index >= 15 is 0 Å². The van der Waals surface area contributed by atoms with Gasteiger partial charge in [-0.15, -0.1) is 0 Å². The van der Waals surface area contributed by atoms with E-state index in [0.717, 1.165) is 11.1 Å². The summed E-state index contributed by atoms with van der Waals surface area (Å²) in [5.41, 5.74) is 23.9. The first kappa shape index (κ1) is 42.1. The fraction of sp³-hybridized carbons (Fsp3) is 0.459. The molecule has 53 heavy (non-hydrogen) atoms. The van der Waals surface area contributed by atoms with Crippen molar-refractivity contribution in [2.45, 2.75) is 89.0 Å². The number of rotatable bonds is 17. The third-order valence-electron chi connectivity index (χ3n) is 8.77. The lowest BCUT2D eigenvalue weighted by Gasteiger charge is -2.41. The van der Waals surface area contributed by atoms with Crippen LogP contribution in [0.4, 0.5) is 4.39 Å². The number of benzene rings is 2. The second-order valence-electron chi connectivity index (χ2n) is 12.9. The Hall–Kier alpha value is -5.35. The molecule has 1 aliphatic rings. The number of oxazole rings is 1. The summed E-state index contributed by atoms with van der Waals surface area (Å²) in [6.07, 6.45) is 6.44. The number of hydrogen-bond donors (Lipinski definition) is 7. The van der Waals surface area contributed by atoms with Crippen LogP contribution in [-0.4, -0.2) is 75.9 Å². The summed E-state index contributed by atoms with van der Waals surface area (Å²) < 4.78 is 18.1. The molecule has 3 atom stereocenters. The number of aromatic nitrogens is 1. The summed E-state index contributed by atoms with van der Waals surface area (Å²) in [4.78, 5) is 59.1. The molecule has 0 radical (unpaired) electrons. The molecule has 0 saturated heterocycles. The van der Waals surface area contributed by atoms with Gasteiger partial charge in [0.05, 0.1) is 18.2 Å². The van der Waals surface area contributed by atoms with Crippen LogP contribution in [-0.2, 0) is 32.1 Å². The van der Waals surface area contributed by atoms with Gasteiger partial charge in [0.1, 0.15) is 24.2 Å². The fourth-order valence-corrected chi connectivity index (χ4v) is 6.08. The Kier molecular flexibility index (Phi) is 17.4. The molecule has 15 nitrogen and oxygen atoms in total. The number of amides is 3. The summed E-state index contributed by atoms with van der Waals surface area (Å²) in [6, 6.07) is 13.4. The number of carboxylic acid groups (broad SMARTS) is 1. The van der Waals surface area contributed by atoms with Gasteiger partial charge in [0.2, 0.25) is 23.6 Å². The van der Waals surface area contributed by atoms with E-state index < -0.39 is 30.0 Å². The molecule has 1 aliphatic carbocycles. The molecule has 0 bridgehead atoms. The van der Waals surface area contributed by atoms with Crippen molar-refractivity contribution in [1.82, 2.24) is 20.5 Å². The second-order valence-corrected chi connectivity index (χ2v) is 12.9. The maximum atomic E-state index is 13.3. The Bertz CT molecular complexity index is 1590. The molecular formula is C37H52FN9O6. The number of aliphatic imine (C=N–C) groups is 1. The largest absolute Gasteiger partial charge is 0.481 e. The van der Waals surface area contributed by atoms with Crippen molar-refractivity contribution in [3.63, 3.8) is 0 Å². The van der Waals surface area contributed by atoms with Gasteiger partial charge < -0.3 is 48.0 Å². The number of carboxylic acids is 1. The zero-order chi connectivity index (χ0) is 38.8. The molecule has 0 spiro atoms. The predicted octanol–water partition coefficient (Wildman–Crippen LogP) is 2.11. The maximum absolute atomic E-state index is 13.3. The smallest absolute Gasteiger partial charge is 0.306 e. The van der Waals surface area contributed by atoms with Gasteiger partial charge in [-0.2, -0.15) is 0 Å². The van der Waals surface area contributed by atoms with Crippen LogP contribution in [0.15, 0.2) is 76.5 Å². The van der Waals surface area contributed by atoms with Gasteiger partial charge in [0.15, 0.2) is 5.96 Å². The molecule has 1 saturated carbocycles. The zero-order valence-electron chi connectivity index (χ0n) is 30.0. The molecule has 3 amide bonds. The third-order valence-corrected chi connectivity index (χ3v) is 8.77.